The van der Waals surface area contributed by atoms with Gasteiger partial charge in [-0.2, -0.15) is 13.2 Å². The number of benzene rings is 2. The van der Waals surface area contributed by atoms with Gasteiger partial charge in [-0.3, -0.25) is 4.79 Å². The van der Waals surface area contributed by atoms with Gasteiger partial charge >= 0.3 is 6.18 Å². The van der Waals surface area contributed by atoms with Gasteiger partial charge in [-0.05, 0) is 60.2 Å². The highest BCUT2D eigenvalue weighted by atomic mass is 32.1. The second-order valence-electron chi connectivity index (χ2n) is 8.93. The number of hydrogen-bond donors (Lipinski definition) is 1. The number of alkyl halides is 3. The van der Waals surface area contributed by atoms with Crippen molar-refractivity contribution in [1.82, 2.24) is 5.32 Å². The van der Waals surface area contributed by atoms with Crippen LogP contribution in [0.2, 0.25) is 0 Å². The first-order valence-corrected chi connectivity index (χ1v) is 12.5. The highest BCUT2D eigenvalue weighted by Crippen LogP contribution is 2.40. The highest BCUT2D eigenvalue weighted by molar-refractivity contribution is 7.09. The lowest BCUT2D eigenvalue weighted by atomic mass is 9.82. The van der Waals surface area contributed by atoms with E-state index in [1.165, 1.54) is 18.2 Å². The maximum atomic E-state index is 14.5. The molecule has 1 N–H and O–H groups in total. The molecule has 1 aromatic heterocycles. The molecule has 1 amide bonds. The minimum atomic E-state index is -4.45. The van der Waals surface area contributed by atoms with E-state index in [1.54, 1.807) is 29.5 Å². The molecule has 1 fully saturated rings. The number of fused-ring (bicyclic) bond motifs is 3. The maximum absolute atomic E-state index is 14.5. The molecule has 184 valence electrons. The molecule has 2 aliphatic rings. The first-order chi connectivity index (χ1) is 16.8. The van der Waals surface area contributed by atoms with Gasteiger partial charge in [0.1, 0.15) is 5.82 Å². The molecule has 0 aliphatic carbocycles. The molecule has 2 aliphatic heterocycles. The molecule has 0 unspecified atom stereocenters. The molecule has 0 spiro atoms. The third-order valence-electron chi connectivity index (χ3n) is 6.82. The Hall–Kier alpha value is -3.07. The van der Waals surface area contributed by atoms with Gasteiger partial charge in [-0.25, -0.2) is 4.39 Å². The molecule has 5 rings (SSSR count). The normalized spacial score (nSPS) is 19.8. The summed E-state index contributed by atoms with van der Waals surface area (Å²) in [6.07, 6.45) is -3.55. The number of nitrogens with zero attached hydrogens (tertiary/aromatic N) is 2. The Morgan fingerprint density at radius 2 is 1.89 bits per heavy atom. The molecule has 2 aromatic carbocycles. The minimum Gasteiger partial charge on any atom is -0.365 e. The van der Waals surface area contributed by atoms with Gasteiger partial charge in [0.05, 0.1) is 23.2 Å². The number of thiophene rings is 1. The van der Waals surface area contributed by atoms with Crippen LogP contribution in [0.15, 0.2) is 60.0 Å². The zero-order valence-corrected chi connectivity index (χ0v) is 19.7. The van der Waals surface area contributed by atoms with E-state index in [-0.39, 0.29) is 24.2 Å². The number of carbonyl (C=O) groups excluding carboxylic acids is 1. The van der Waals surface area contributed by atoms with Gasteiger partial charge in [-0.15, -0.1) is 11.3 Å². The maximum Gasteiger partial charge on any atom is 0.416 e. The summed E-state index contributed by atoms with van der Waals surface area (Å²) < 4.78 is 54.7. The Morgan fingerprint density at radius 3 is 2.63 bits per heavy atom. The van der Waals surface area contributed by atoms with E-state index in [9.17, 15) is 22.4 Å². The zero-order chi connectivity index (χ0) is 24.6. The second kappa shape index (κ2) is 9.53. The third-order valence-corrected chi connectivity index (χ3v) is 7.76. The van der Waals surface area contributed by atoms with Crippen LogP contribution < -0.4 is 15.1 Å². The van der Waals surface area contributed by atoms with Gasteiger partial charge < -0.3 is 15.1 Å². The number of carbonyl (C=O) groups is 1. The molecule has 9 heteroatoms. The van der Waals surface area contributed by atoms with E-state index < -0.39 is 17.7 Å². The van der Waals surface area contributed by atoms with Crippen molar-refractivity contribution in [3.8, 4) is 0 Å². The smallest absolute Gasteiger partial charge is 0.365 e. The quantitative estimate of drug-likeness (QED) is 0.491. The van der Waals surface area contributed by atoms with Crippen LogP contribution in [-0.4, -0.2) is 38.1 Å². The van der Waals surface area contributed by atoms with Crippen LogP contribution in [0.25, 0.3) is 0 Å². The van der Waals surface area contributed by atoms with Gasteiger partial charge in [0.2, 0.25) is 5.91 Å². The number of halogens is 4. The third kappa shape index (κ3) is 4.87. The van der Waals surface area contributed by atoms with Crippen molar-refractivity contribution in [2.45, 2.75) is 25.1 Å². The van der Waals surface area contributed by atoms with E-state index in [1.807, 2.05) is 27.3 Å². The number of anilines is 2. The monoisotopic (exact) mass is 503 g/mol. The van der Waals surface area contributed by atoms with Crippen molar-refractivity contribution in [3.05, 3.63) is 81.8 Å². The van der Waals surface area contributed by atoms with Crippen LogP contribution in [-0.2, 0) is 23.8 Å². The molecule has 2 atom stereocenters. The van der Waals surface area contributed by atoms with Gasteiger partial charge in [0, 0.05) is 36.7 Å². The Morgan fingerprint density at radius 1 is 1.06 bits per heavy atom. The average molecular weight is 504 g/mol. The van der Waals surface area contributed by atoms with E-state index in [4.69, 9.17) is 0 Å². The molecule has 3 heterocycles. The Balaban J connectivity index is 1.42. The SMILES string of the molecule is O=C(NCCc1cccs1)[C@H]1Cc2cc(C(F)(F)F)ccc2N2CCN(c3ccccc3F)C[C@@H]12. The second-order valence-corrected chi connectivity index (χ2v) is 9.96. The van der Waals surface area contributed by atoms with Crippen LogP contribution in [0.4, 0.5) is 28.9 Å². The van der Waals surface area contributed by atoms with Crippen molar-refractivity contribution in [2.75, 3.05) is 36.0 Å². The molecule has 35 heavy (non-hydrogen) atoms. The lowest BCUT2D eigenvalue weighted by Crippen LogP contribution is -2.61. The molecule has 0 radical (unpaired) electrons. The molecule has 4 nitrogen and oxygen atoms in total. The Bertz CT molecular complexity index is 1200. The topological polar surface area (TPSA) is 35.6 Å². The molecule has 0 bridgehead atoms. The average Bonchev–Trinajstić information content (AvgIpc) is 3.36. The van der Waals surface area contributed by atoms with Gasteiger partial charge in [-0.1, -0.05) is 18.2 Å². The molecule has 1 saturated heterocycles. The fourth-order valence-corrected chi connectivity index (χ4v) is 5.83. The Labute approximate surface area is 205 Å². The summed E-state index contributed by atoms with van der Waals surface area (Å²) >= 11 is 1.61. The zero-order valence-electron chi connectivity index (χ0n) is 18.9. The summed E-state index contributed by atoms with van der Waals surface area (Å²) in [6.45, 7) is 1.85. The highest BCUT2D eigenvalue weighted by Gasteiger charge is 2.43. The molecule has 0 saturated carbocycles. The summed E-state index contributed by atoms with van der Waals surface area (Å²) in [5.74, 6) is -1.07. The van der Waals surface area contributed by atoms with Crippen molar-refractivity contribution in [3.63, 3.8) is 0 Å². The van der Waals surface area contributed by atoms with Crippen molar-refractivity contribution < 1.29 is 22.4 Å². The number of rotatable bonds is 5. The fraction of sp³-hybridized carbons (Fsp3) is 0.346. The van der Waals surface area contributed by atoms with Crippen molar-refractivity contribution in [2.24, 2.45) is 5.92 Å². The standard InChI is InChI=1S/C26H25F4N3OS/c27-21-5-1-2-6-23(21)32-11-12-33-22-8-7-18(26(28,29)30)14-17(22)15-20(24(33)16-32)25(34)31-10-9-19-4-3-13-35-19/h1-8,13-14,20,24H,9-12,15-16H2,(H,31,34)/t20-,24-/m0/s1. The number of nitrogens with one attached hydrogen (secondary N) is 1. The molecular weight excluding hydrogens is 478 g/mol. The summed E-state index contributed by atoms with van der Waals surface area (Å²) in [6, 6.07) is 14.0. The molecular formula is C26H25F4N3OS. The van der Waals surface area contributed by atoms with Crippen molar-refractivity contribution >= 4 is 28.6 Å². The van der Waals surface area contributed by atoms with E-state index in [0.29, 0.717) is 43.9 Å². The number of hydrogen-bond acceptors (Lipinski definition) is 4. The van der Waals surface area contributed by atoms with Gasteiger partial charge in [0.25, 0.3) is 0 Å². The summed E-state index contributed by atoms with van der Waals surface area (Å²) in [5, 5.41) is 4.97. The molecule has 3 aromatic rings. The lowest BCUT2D eigenvalue weighted by Gasteiger charge is -2.49. The van der Waals surface area contributed by atoms with Gasteiger partial charge in [0.15, 0.2) is 0 Å². The summed E-state index contributed by atoms with van der Waals surface area (Å²) in [5.41, 5.74) is 1.01. The van der Waals surface area contributed by atoms with E-state index >= 15 is 0 Å². The largest absolute Gasteiger partial charge is 0.416 e. The number of amides is 1. The number of piperazine rings is 1. The first kappa shape index (κ1) is 23.7. The van der Waals surface area contributed by atoms with Crippen LogP contribution in [0, 0.1) is 11.7 Å². The first-order valence-electron chi connectivity index (χ1n) is 11.6. The number of para-hydroxylation sites is 1. The predicted molar refractivity (Wildman–Crippen MR) is 129 cm³/mol. The predicted octanol–water partition coefficient (Wildman–Crippen LogP) is 5.13. The lowest BCUT2D eigenvalue weighted by molar-refractivity contribution is -0.137. The van der Waals surface area contributed by atoms with Crippen LogP contribution in [0.1, 0.15) is 16.0 Å². The van der Waals surface area contributed by atoms with Crippen LogP contribution >= 0.6 is 11.3 Å². The Kier molecular flexibility index (Phi) is 6.44. The van der Waals surface area contributed by atoms with E-state index in [2.05, 4.69) is 5.32 Å². The minimum absolute atomic E-state index is 0.185. The summed E-state index contributed by atoms with van der Waals surface area (Å²) in [7, 11) is 0. The summed E-state index contributed by atoms with van der Waals surface area (Å²) in [4.78, 5) is 18.4. The fourth-order valence-electron chi connectivity index (χ4n) is 5.12. The van der Waals surface area contributed by atoms with Crippen molar-refractivity contribution in [1.29, 1.82) is 0 Å². The van der Waals surface area contributed by atoms with Crippen LogP contribution in [0.5, 0.6) is 0 Å². The van der Waals surface area contributed by atoms with Crippen LogP contribution in [0.3, 0.4) is 0 Å². The van der Waals surface area contributed by atoms with E-state index in [0.717, 1.165) is 16.6 Å².